The third kappa shape index (κ3) is 4.32. The van der Waals surface area contributed by atoms with Crippen LogP contribution in [0, 0.1) is 6.92 Å². The summed E-state index contributed by atoms with van der Waals surface area (Å²) < 4.78 is 1.37. The fourth-order valence-electron chi connectivity index (χ4n) is 4.37. The molecule has 2 heterocycles. The Bertz CT molecular complexity index is 988. The predicted molar refractivity (Wildman–Crippen MR) is 114 cm³/mol. The first-order chi connectivity index (χ1) is 14.5. The van der Waals surface area contributed by atoms with Crippen LogP contribution in [0.25, 0.3) is 10.9 Å². The van der Waals surface area contributed by atoms with Gasteiger partial charge in [-0.2, -0.15) is 0 Å². The first-order valence-electron chi connectivity index (χ1n) is 10.8. The van der Waals surface area contributed by atoms with E-state index in [1.54, 1.807) is 15.9 Å². The number of carbonyl (C=O) groups excluding carboxylic acids is 2. The van der Waals surface area contributed by atoms with Crippen molar-refractivity contribution in [2.45, 2.75) is 51.6 Å². The highest BCUT2D eigenvalue weighted by Crippen LogP contribution is 2.18. The van der Waals surface area contributed by atoms with Crippen molar-refractivity contribution in [2.24, 2.45) is 0 Å². The Morgan fingerprint density at radius 3 is 2.50 bits per heavy atom. The van der Waals surface area contributed by atoms with E-state index in [0.29, 0.717) is 37.1 Å². The van der Waals surface area contributed by atoms with Gasteiger partial charge in [0.2, 0.25) is 5.91 Å². The fourth-order valence-corrected chi connectivity index (χ4v) is 4.37. The number of carbonyl (C=O) groups is 2. The van der Waals surface area contributed by atoms with Gasteiger partial charge < -0.3 is 15.1 Å². The smallest absolute Gasteiger partial charge is 0.317 e. The number of aromatic nitrogens is 2. The van der Waals surface area contributed by atoms with E-state index in [-0.39, 0.29) is 30.1 Å². The number of fused-ring (bicyclic) bond motifs is 1. The molecule has 1 saturated carbocycles. The Kier molecular flexibility index (Phi) is 6.01. The van der Waals surface area contributed by atoms with E-state index >= 15 is 0 Å². The average Bonchev–Trinajstić information content (AvgIpc) is 2.77. The second-order valence-corrected chi connectivity index (χ2v) is 8.30. The van der Waals surface area contributed by atoms with Gasteiger partial charge in [0.15, 0.2) is 0 Å². The summed E-state index contributed by atoms with van der Waals surface area (Å²) in [7, 11) is 0. The zero-order valence-corrected chi connectivity index (χ0v) is 17.5. The molecule has 8 nitrogen and oxygen atoms in total. The van der Waals surface area contributed by atoms with E-state index in [4.69, 9.17) is 0 Å². The standard InChI is InChI=1S/C22H29N5O3/c1-16-6-5-9-18-20(16)23-15-27(21(18)29)14-19(28)25-10-12-26(13-11-25)22(30)24-17-7-3-2-4-8-17/h5-6,9,15,17H,2-4,7-8,10-14H2,1H3,(H,24,30). The molecule has 2 aliphatic rings. The molecule has 1 N–H and O–H groups in total. The Balaban J connectivity index is 1.33. The first kappa shape index (κ1) is 20.4. The number of nitrogens with one attached hydrogen (secondary N) is 1. The van der Waals surface area contributed by atoms with Crippen molar-refractivity contribution in [2.75, 3.05) is 26.2 Å². The molecule has 1 aromatic carbocycles. The van der Waals surface area contributed by atoms with E-state index in [0.717, 1.165) is 18.4 Å². The van der Waals surface area contributed by atoms with Crippen LogP contribution in [0.5, 0.6) is 0 Å². The molecule has 4 rings (SSSR count). The van der Waals surface area contributed by atoms with E-state index in [2.05, 4.69) is 10.3 Å². The molecule has 1 aliphatic carbocycles. The zero-order chi connectivity index (χ0) is 21.1. The minimum absolute atomic E-state index is 0.0284. The minimum atomic E-state index is -0.206. The van der Waals surface area contributed by atoms with Crippen molar-refractivity contribution in [3.63, 3.8) is 0 Å². The molecule has 0 bridgehead atoms. The number of piperazine rings is 1. The van der Waals surface area contributed by atoms with E-state index in [1.165, 1.54) is 30.2 Å². The van der Waals surface area contributed by atoms with Gasteiger partial charge in [0.25, 0.3) is 5.56 Å². The van der Waals surface area contributed by atoms with Gasteiger partial charge in [-0.05, 0) is 31.4 Å². The number of rotatable bonds is 3. The second-order valence-electron chi connectivity index (χ2n) is 8.30. The summed E-state index contributed by atoms with van der Waals surface area (Å²) in [6, 6.07) is 5.72. The van der Waals surface area contributed by atoms with Crippen molar-refractivity contribution in [1.82, 2.24) is 24.7 Å². The number of hydrogen-bond donors (Lipinski definition) is 1. The average molecular weight is 412 g/mol. The summed E-state index contributed by atoms with van der Waals surface area (Å²) in [5.41, 5.74) is 1.40. The molecule has 2 fully saturated rings. The number of nitrogens with zero attached hydrogens (tertiary/aromatic N) is 4. The van der Waals surface area contributed by atoms with Crippen LogP contribution >= 0.6 is 0 Å². The topological polar surface area (TPSA) is 87.5 Å². The fraction of sp³-hybridized carbons (Fsp3) is 0.545. The van der Waals surface area contributed by atoms with Crippen LogP contribution in [0.2, 0.25) is 0 Å². The monoisotopic (exact) mass is 411 g/mol. The third-order valence-corrected chi connectivity index (χ3v) is 6.21. The molecule has 0 spiro atoms. The van der Waals surface area contributed by atoms with Gasteiger partial charge >= 0.3 is 6.03 Å². The van der Waals surface area contributed by atoms with Crippen LogP contribution in [0.1, 0.15) is 37.7 Å². The van der Waals surface area contributed by atoms with Gasteiger partial charge in [0.05, 0.1) is 17.2 Å². The van der Waals surface area contributed by atoms with Gasteiger partial charge in [-0.1, -0.05) is 31.4 Å². The number of hydrogen-bond acceptors (Lipinski definition) is 4. The maximum absolute atomic E-state index is 12.7. The van der Waals surface area contributed by atoms with Crippen LogP contribution in [0.3, 0.4) is 0 Å². The number of amides is 3. The molecule has 0 unspecified atom stereocenters. The van der Waals surface area contributed by atoms with E-state index < -0.39 is 0 Å². The van der Waals surface area contributed by atoms with Gasteiger partial charge in [0.1, 0.15) is 6.54 Å². The van der Waals surface area contributed by atoms with Crippen LogP contribution in [0.4, 0.5) is 4.79 Å². The van der Waals surface area contributed by atoms with Gasteiger partial charge in [0, 0.05) is 32.2 Å². The lowest BCUT2D eigenvalue weighted by molar-refractivity contribution is -0.133. The van der Waals surface area contributed by atoms with Crippen LogP contribution in [-0.4, -0.2) is 63.5 Å². The molecular formula is C22H29N5O3. The minimum Gasteiger partial charge on any atom is -0.338 e. The molecule has 1 aromatic heterocycles. The highest BCUT2D eigenvalue weighted by molar-refractivity contribution is 5.81. The molecule has 3 amide bonds. The van der Waals surface area contributed by atoms with Crippen LogP contribution < -0.4 is 10.9 Å². The highest BCUT2D eigenvalue weighted by atomic mass is 16.2. The summed E-state index contributed by atoms with van der Waals surface area (Å²) in [5, 5.41) is 3.65. The summed E-state index contributed by atoms with van der Waals surface area (Å²) in [6.07, 6.45) is 7.16. The third-order valence-electron chi connectivity index (χ3n) is 6.21. The molecule has 1 saturated heterocycles. The van der Waals surface area contributed by atoms with Gasteiger partial charge in [-0.3, -0.25) is 14.2 Å². The summed E-state index contributed by atoms with van der Waals surface area (Å²) in [6.45, 7) is 3.85. The van der Waals surface area contributed by atoms with E-state index in [1.807, 2.05) is 19.1 Å². The van der Waals surface area contributed by atoms with Gasteiger partial charge in [-0.15, -0.1) is 0 Å². The molecule has 160 valence electrons. The lowest BCUT2D eigenvalue weighted by Gasteiger charge is -2.36. The molecule has 0 radical (unpaired) electrons. The van der Waals surface area contributed by atoms with Gasteiger partial charge in [-0.25, -0.2) is 9.78 Å². The number of para-hydroxylation sites is 1. The van der Waals surface area contributed by atoms with Crippen molar-refractivity contribution < 1.29 is 9.59 Å². The molecular weight excluding hydrogens is 382 g/mol. The zero-order valence-electron chi connectivity index (χ0n) is 17.5. The Hall–Kier alpha value is -2.90. The lowest BCUT2D eigenvalue weighted by Crippen LogP contribution is -2.55. The quantitative estimate of drug-likeness (QED) is 0.836. The van der Waals surface area contributed by atoms with Crippen LogP contribution in [-0.2, 0) is 11.3 Å². The van der Waals surface area contributed by atoms with Crippen molar-refractivity contribution in [3.8, 4) is 0 Å². The Labute approximate surface area is 175 Å². The van der Waals surface area contributed by atoms with E-state index in [9.17, 15) is 14.4 Å². The Morgan fingerprint density at radius 1 is 1.07 bits per heavy atom. The molecule has 8 heteroatoms. The summed E-state index contributed by atoms with van der Waals surface area (Å²) in [5.74, 6) is -0.127. The maximum Gasteiger partial charge on any atom is 0.317 e. The number of aryl methyl sites for hydroxylation is 1. The second kappa shape index (κ2) is 8.85. The maximum atomic E-state index is 12.7. The largest absolute Gasteiger partial charge is 0.338 e. The highest BCUT2D eigenvalue weighted by Gasteiger charge is 2.26. The van der Waals surface area contributed by atoms with Crippen molar-refractivity contribution >= 4 is 22.8 Å². The molecule has 2 aromatic rings. The molecule has 0 atom stereocenters. The normalized spacial score (nSPS) is 17.9. The number of urea groups is 1. The first-order valence-corrected chi connectivity index (χ1v) is 10.8. The Morgan fingerprint density at radius 2 is 1.77 bits per heavy atom. The molecule has 1 aliphatic heterocycles. The lowest BCUT2D eigenvalue weighted by atomic mass is 9.96. The summed E-state index contributed by atoms with van der Waals surface area (Å²) >= 11 is 0. The predicted octanol–water partition coefficient (Wildman–Crippen LogP) is 1.89. The summed E-state index contributed by atoms with van der Waals surface area (Å²) in [4.78, 5) is 45.8. The number of benzene rings is 1. The SMILES string of the molecule is Cc1cccc2c(=O)n(CC(=O)N3CCN(C(=O)NC4CCCCC4)CC3)cnc12. The van der Waals surface area contributed by atoms with Crippen molar-refractivity contribution in [3.05, 3.63) is 40.4 Å². The van der Waals surface area contributed by atoms with Crippen molar-refractivity contribution in [1.29, 1.82) is 0 Å². The molecule has 30 heavy (non-hydrogen) atoms. The van der Waals surface area contributed by atoms with Crippen LogP contribution in [0.15, 0.2) is 29.3 Å².